The van der Waals surface area contributed by atoms with Crippen LogP contribution in [-0.4, -0.2) is 193 Å². The summed E-state index contributed by atoms with van der Waals surface area (Å²) >= 11 is 0. The van der Waals surface area contributed by atoms with Crippen molar-refractivity contribution in [1.29, 1.82) is 0 Å². The minimum Gasteiger partial charge on any atom is -0.394 e. The molecule has 0 spiro atoms. The quantitative estimate of drug-likeness (QED) is 0.0199. The molecule has 3 fully saturated rings. The van der Waals surface area contributed by atoms with Crippen LogP contribution in [-0.2, 0) is 33.2 Å². The summed E-state index contributed by atoms with van der Waals surface area (Å²) in [6.45, 7) is 1.73. The molecule has 0 aromatic heterocycles. The van der Waals surface area contributed by atoms with E-state index in [9.17, 15) is 61.0 Å². The first-order valence-electron chi connectivity index (χ1n) is 36.4. The highest BCUT2D eigenvalue weighted by Gasteiger charge is 2.53. The van der Waals surface area contributed by atoms with Gasteiger partial charge in [-0.3, -0.25) is 4.79 Å². The Morgan fingerprint density at radius 2 is 0.697 bits per heavy atom. The van der Waals surface area contributed by atoms with E-state index in [1.54, 1.807) is 6.08 Å². The van der Waals surface area contributed by atoms with Gasteiger partial charge in [-0.2, -0.15) is 0 Å². The monoisotopic (exact) mass is 1280 g/mol. The number of aliphatic hydroxyl groups excluding tert-OH is 11. The van der Waals surface area contributed by atoms with Crippen molar-refractivity contribution < 1.29 is 89.4 Å². The fraction of sp³-hybridized carbons (Fsp3) is 0.957. The third-order valence-electron chi connectivity index (χ3n) is 18.6. The van der Waals surface area contributed by atoms with Crippen LogP contribution in [0.1, 0.15) is 296 Å². The summed E-state index contributed by atoms with van der Waals surface area (Å²) in [5.41, 5.74) is 0. The van der Waals surface area contributed by atoms with E-state index in [-0.39, 0.29) is 18.9 Å². The van der Waals surface area contributed by atoms with Gasteiger partial charge in [0.15, 0.2) is 18.9 Å². The molecule has 526 valence electrons. The lowest BCUT2D eigenvalue weighted by molar-refractivity contribution is -0.379. The molecule has 17 unspecified atom stereocenters. The van der Waals surface area contributed by atoms with E-state index in [1.807, 2.05) is 6.08 Å². The first-order valence-corrected chi connectivity index (χ1v) is 36.4. The molecule has 0 aliphatic carbocycles. The molecule has 3 rings (SSSR count). The molecule has 0 radical (unpaired) electrons. The SMILES string of the molecule is CCCCCCCCCC/C=C/C(O)C(COC1OC(CO)C(OC2OC(CO)C(OC3OC(CO)C(O)C(O)C3O)C(O)C2O)C(O)C1O)NC(=O)CCCCCCCCCCCCCCCCCCCCCCCCCCCCCCCCCCCC. The first-order chi connectivity index (χ1) is 43.3. The minimum atomic E-state index is -1.97. The van der Waals surface area contributed by atoms with E-state index in [1.165, 1.54) is 225 Å². The number of allylic oxidation sites excluding steroid dienone is 1. The Labute approximate surface area is 537 Å². The molecule has 0 bridgehead atoms. The average molecular weight is 1280 g/mol. The van der Waals surface area contributed by atoms with Gasteiger partial charge in [-0.25, -0.2) is 0 Å². The fourth-order valence-corrected chi connectivity index (χ4v) is 12.7. The first kappa shape index (κ1) is 81.8. The summed E-state index contributed by atoms with van der Waals surface area (Å²) in [6, 6.07) is -0.967. The van der Waals surface area contributed by atoms with E-state index >= 15 is 0 Å². The van der Waals surface area contributed by atoms with Gasteiger partial charge in [0.05, 0.1) is 38.6 Å². The predicted molar refractivity (Wildman–Crippen MR) is 347 cm³/mol. The Hall–Kier alpha value is -1.47. The zero-order chi connectivity index (χ0) is 64.7. The molecular formula is C70H133NO18. The molecular weight excluding hydrogens is 1140 g/mol. The summed E-state index contributed by atoms with van der Waals surface area (Å²) in [5.74, 6) is -0.271. The summed E-state index contributed by atoms with van der Waals surface area (Å²) in [5, 5.41) is 120. The summed E-state index contributed by atoms with van der Waals surface area (Å²) in [4.78, 5) is 13.4. The number of hydrogen-bond donors (Lipinski definition) is 12. The number of rotatable bonds is 57. The maximum Gasteiger partial charge on any atom is 0.220 e. The number of aliphatic hydroxyl groups is 11. The van der Waals surface area contributed by atoms with E-state index in [0.717, 1.165) is 44.9 Å². The Balaban J connectivity index is 1.30. The lowest BCUT2D eigenvalue weighted by Crippen LogP contribution is -2.66. The number of carbonyl (C=O) groups is 1. The number of amides is 1. The Morgan fingerprint density at radius 3 is 1.06 bits per heavy atom. The minimum absolute atomic E-state index is 0.249. The molecule has 0 saturated carbocycles. The number of hydrogen-bond acceptors (Lipinski definition) is 18. The van der Waals surface area contributed by atoms with E-state index in [2.05, 4.69) is 19.2 Å². The number of unbranched alkanes of at least 4 members (excludes halogenated alkanes) is 41. The van der Waals surface area contributed by atoms with E-state index in [4.69, 9.17) is 28.4 Å². The lowest BCUT2D eigenvalue weighted by Gasteiger charge is -2.48. The highest BCUT2D eigenvalue weighted by Crippen LogP contribution is 2.33. The number of nitrogens with one attached hydrogen (secondary N) is 1. The zero-order valence-electron chi connectivity index (χ0n) is 55.7. The van der Waals surface area contributed by atoms with Crippen LogP contribution >= 0.6 is 0 Å². The molecule has 17 atom stereocenters. The Kier molecular flexibility index (Phi) is 48.5. The molecule has 19 heteroatoms. The van der Waals surface area contributed by atoms with Crippen molar-refractivity contribution in [2.45, 2.75) is 401 Å². The van der Waals surface area contributed by atoms with Crippen molar-refractivity contribution in [1.82, 2.24) is 5.32 Å². The Bertz CT molecular complexity index is 1670. The largest absolute Gasteiger partial charge is 0.394 e. The third kappa shape index (κ3) is 34.7. The summed E-state index contributed by atoms with van der Waals surface area (Å²) in [7, 11) is 0. The fourth-order valence-electron chi connectivity index (χ4n) is 12.7. The van der Waals surface area contributed by atoms with Crippen molar-refractivity contribution >= 4 is 5.91 Å². The Morgan fingerprint density at radius 1 is 0.393 bits per heavy atom. The van der Waals surface area contributed by atoms with E-state index < -0.39 is 124 Å². The van der Waals surface area contributed by atoms with Crippen LogP contribution in [0, 0.1) is 0 Å². The molecule has 1 amide bonds. The highest BCUT2D eigenvalue weighted by atomic mass is 16.8. The topological polar surface area (TPSA) is 307 Å². The van der Waals surface area contributed by atoms with Crippen LogP contribution in [0.15, 0.2) is 12.2 Å². The average Bonchev–Trinajstić information content (AvgIpc) is 2.03. The predicted octanol–water partition coefficient (Wildman–Crippen LogP) is 10.1. The third-order valence-corrected chi connectivity index (χ3v) is 18.6. The van der Waals surface area contributed by atoms with Gasteiger partial charge >= 0.3 is 0 Å². The standard InChI is InChI=1S/C70H133NO18/c1-3-5-7-9-11-13-15-16-17-18-19-20-21-22-23-24-25-26-27-28-29-30-31-32-33-34-35-36-37-38-40-42-44-46-48-58(76)71-53(54(75)47-45-43-41-39-14-12-10-8-6-4-2)52-84-68-64(82)61(79)66(56(50-73)86-68)89-70-65(83)62(80)67(57(51-74)87-70)88-69-63(81)60(78)59(77)55(49-72)85-69/h45,47,53-57,59-70,72-75,77-83H,3-44,46,48-52H2,1-2H3,(H,71,76)/b47-45+. The van der Waals surface area contributed by atoms with Gasteiger partial charge in [-0.1, -0.05) is 283 Å². The molecule has 0 aromatic rings. The van der Waals surface area contributed by atoms with Crippen LogP contribution < -0.4 is 5.32 Å². The van der Waals surface area contributed by atoms with Gasteiger partial charge in [0.2, 0.25) is 5.91 Å². The summed E-state index contributed by atoms with van der Waals surface area (Å²) in [6.07, 6.45) is 32.5. The van der Waals surface area contributed by atoms with Gasteiger partial charge in [0.1, 0.15) is 73.2 Å². The van der Waals surface area contributed by atoms with Gasteiger partial charge in [-0.15, -0.1) is 0 Å². The van der Waals surface area contributed by atoms with Crippen molar-refractivity contribution in [2.75, 3.05) is 26.4 Å². The number of carbonyl (C=O) groups excluding carboxylic acids is 1. The van der Waals surface area contributed by atoms with E-state index in [0.29, 0.717) is 6.42 Å². The maximum atomic E-state index is 13.4. The van der Waals surface area contributed by atoms with Gasteiger partial charge in [-0.05, 0) is 19.3 Å². The second kappa shape index (κ2) is 52.8. The summed E-state index contributed by atoms with van der Waals surface area (Å²) < 4.78 is 34.3. The smallest absolute Gasteiger partial charge is 0.220 e. The van der Waals surface area contributed by atoms with Crippen molar-refractivity contribution in [2.24, 2.45) is 0 Å². The molecule has 12 N–H and O–H groups in total. The second-order valence-electron chi connectivity index (χ2n) is 26.4. The van der Waals surface area contributed by atoms with Crippen LogP contribution in [0.5, 0.6) is 0 Å². The molecule has 3 saturated heterocycles. The van der Waals surface area contributed by atoms with Crippen LogP contribution in [0.3, 0.4) is 0 Å². The van der Waals surface area contributed by atoms with Crippen molar-refractivity contribution in [3.63, 3.8) is 0 Å². The van der Waals surface area contributed by atoms with Crippen molar-refractivity contribution in [3.05, 3.63) is 12.2 Å². The number of ether oxygens (including phenoxy) is 6. The molecule has 3 aliphatic rings. The molecule has 3 aliphatic heterocycles. The van der Waals surface area contributed by atoms with Gasteiger partial charge in [0, 0.05) is 6.42 Å². The van der Waals surface area contributed by atoms with Gasteiger partial charge in [0.25, 0.3) is 0 Å². The molecule has 0 aromatic carbocycles. The maximum absolute atomic E-state index is 13.4. The van der Waals surface area contributed by atoms with Crippen LogP contribution in [0.25, 0.3) is 0 Å². The van der Waals surface area contributed by atoms with Crippen LogP contribution in [0.2, 0.25) is 0 Å². The highest BCUT2D eigenvalue weighted by molar-refractivity contribution is 5.76. The molecule has 19 nitrogen and oxygen atoms in total. The van der Waals surface area contributed by atoms with Gasteiger partial charge < -0.3 is 89.9 Å². The second-order valence-corrected chi connectivity index (χ2v) is 26.4. The van der Waals surface area contributed by atoms with Crippen molar-refractivity contribution in [3.8, 4) is 0 Å². The lowest BCUT2D eigenvalue weighted by atomic mass is 9.96. The zero-order valence-corrected chi connectivity index (χ0v) is 55.7. The van der Waals surface area contributed by atoms with Crippen LogP contribution in [0.4, 0.5) is 0 Å². The normalized spacial score (nSPS) is 28.2. The molecule has 89 heavy (non-hydrogen) atoms. The molecule has 3 heterocycles.